The van der Waals surface area contributed by atoms with Gasteiger partial charge in [-0.2, -0.15) is 0 Å². The van der Waals surface area contributed by atoms with Crippen LogP contribution in [0.4, 0.5) is 0 Å². The van der Waals surface area contributed by atoms with Gasteiger partial charge in [-0.1, -0.05) is 51.9 Å². The predicted molar refractivity (Wildman–Crippen MR) is 87.2 cm³/mol. The van der Waals surface area contributed by atoms with Gasteiger partial charge in [0.05, 0.1) is 6.61 Å². The summed E-state index contributed by atoms with van der Waals surface area (Å²) in [7, 11) is 0. The second-order valence-electron chi connectivity index (χ2n) is 7.20. The lowest BCUT2D eigenvalue weighted by molar-refractivity contribution is 0.258. The first-order chi connectivity index (χ1) is 9.58. The number of nitrogens with two attached hydrogens (primary N) is 1. The summed E-state index contributed by atoms with van der Waals surface area (Å²) in [5.74, 6) is 1.12. The zero-order valence-electron chi connectivity index (χ0n) is 14.0. The van der Waals surface area contributed by atoms with Gasteiger partial charge < -0.3 is 15.7 Å². The minimum absolute atomic E-state index is 0.136. The first-order valence-corrected chi connectivity index (χ1v) is 7.30. The van der Waals surface area contributed by atoms with Crippen LogP contribution in [0, 0.1) is 12.3 Å². The van der Waals surface area contributed by atoms with Crippen molar-refractivity contribution in [1.82, 2.24) is 0 Å². The largest absolute Gasteiger partial charge is 0.493 e. The molecule has 0 saturated heterocycles. The maximum absolute atomic E-state index is 8.76. The summed E-state index contributed by atoms with van der Waals surface area (Å²) in [5, 5.41) is 11.8. The number of amidine groups is 1. The lowest BCUT2D eigenvalue weighted by atomic mass is 9.86. The second kappa shape index (κ2) is 6.37. The van der Waals surface area contributed by atoms with Crippen LogP contribution in [0.5, 0.6) is 5.75 Å². The van der Waals surface area contributed by atoms with E-state index in [1.807, 2.05) is 19.9 Å². The zero-order valence-corrected chi connectivity index (χ0v) is 14.0. The van der Waals surface area contributed by atoms with Crippen molar-refractivity contribution in [3.8, 4) is 5.75 Å². The van der Waals surface area contributed by atoms with Crippen molar-refractivity contribution < 1.29 is 9.94 Å². The monoisotopic (exact) mass is 292 g/mol. The van der Waals surface area contributed by atoms with E-state index in [1.165, 1.54) is 5.56 Å². The molecule has 1 aromatic carbocycles. The van der Waals surface area contributed by atoms with Crippen LogP contribution >= 0.6 is 0 Å². The lowest BCUT2D eigenvalue weighted by Crippen LogP contribution is -2.33. The van der Waals surface area contributed by atoms with Gasteiger partial charge in [-0.3, -0.25) is 0 Å². The normalized spacial score (nSPS) is 13.3. The predicted octanol–water partition coefficient (Wildman–Crippen LogP) is 3.83. The lowest BCUT2D eigenvalue weighted by Gasteiger charge is -2.23. The van der Waals surface area contributed by atoms with Gasteiger partial charge in [0.15, 0.2) is 0 Å². The van der Waals surface area contributed by atoms with Crippen LogP contribution in [0.2, 0.25) is 0 Å². The molecule has 0 heterocycles. The first-order valence-electron chi connectivity index (χ1n) is 7.30. The Balaban J connectivity index is 2.70. The highest BCUT2D eigenvalue weighted by Crippen LogP contribution is 2.28. The van der Waals surface area contributed by atoms with Crippen LogP contribution in [-0.2, 0) is 5.41 Å². The third-order valence-corrected chi connectivity index (χ3v) is 3.83. The van der Waals surface area contributed by atoms with Gasteiger partial charge >= 0.3 is 0 Å². The van der Waals surface area contributed by atoms with E-state index in [-0.39, 0.29) is 16.7 Å². The minimum Gasteiger partial charge on any atom is -0.493 e. The molecule has 4 nitrogen and oxygen atoms in total. The number of oxime groups is 1. The summed E-state index contributed by atoms with van der Waals surface area (Å²) in [6, 6.07) is 6.30. The Morgan fingerprint density at radius 3 is 2.33 bits per heavy atom. The van der Waals surface area contributed by atoms with Crippen LogP contribution in [0.15, 0.2) is 23.4 Å². The second-order valence-corrected chi connectivity index (χ2v) is 7.20. The van der Waals surface area contributed by atoms with E-state index in [0.717, 1.165) is 11.3 Å². The topological polar surface area (TPSA) is 67.8 Å². The van der Waals surface area contributed by atoms with Gasteiger partial charge in [-0.25, -0.2) is 0 Å². The zero-order chi connectivity index (χ0) is 16.3. The molecule has 0 unspecified atom stereocenters. The van der Waals surface area contributed by atoms with Gasteiger partial charge in [0.2, 0.25) is 0 Å². The van der Waals surface area contributed by atoms with Gasteiger partial charge in [0.1, 0.15) is 11.6 Å². The molecular formula is C17H28N2O2. The van der Waals surface area contributed by atoms with Gasteiger partial charge in [-0.05, 0) is 36.0 Å². The molecule has 0 radical (unpaired) electrons. The van der Waals surface area contributed by atoms with Crippen molar-refractivity contribution in [3.05, 3.63) is 29.3 Å². The Bertz CT molecular complexity index is 514. The van der Waals surface area contributed by atoms with Crippen LogP contribution in [0.1, 0.15) is 52.2 Å². The average molecular weight is 292 g/mol. The van der Waals surface area contributed by atoms with Crippen molar-refractivity contribution in [1.29, 1.82) is 0 Å². The van der Waals surface area contributed by atoms with Gasteiger partial charge in [0.25, 0.3) is 0 Å². The summed E-state index contributed by atoms with van der Waals surface area (Å²) >= 11 is 0. The molecule has 0 amide bonds. The third-order valence-electron chi connectivity index (χ3n) is 3.83. The van der Waals surface area contributed by atoms with Gasteiger partial charge in [0, 0.05) is 5.41 Å². The molecule has 0 spiro atoms. The third kappa shape index (κ3) is 4.66. The highest BCUT2D eigenvalue weighted by molar-refractivity contribution is 5.85. The number of benzene rings is 1. The number of ether oxygens (including phenoxy) is 1. The highest BCUT2D eigenvalue weighted by Gasteiger charge is 2.23. The molecular weight excluding hydrogens is 264 g/mol. The Labute approximate surface area is 128 Å². The number of nitrogens with zero attached hydrogens (tertiary/aromatic N) is 1. The van der Waals surface area contributed by atoms with Crippen LogP contribution in [-0.4, -0.2) is 17.6 Å². The molecule has 118 valence electrons. The van der Waals surface area contributed by atoms with E-state index in [4.69, 9.17) is 15.7 Å². The fourth-order valence-electron chi connectivity index (χ4n) is 1.96. The SMILES string of the molecule is Cc1cc(C(C)(C)C)ccc1OCCC(C)(C)C(N)=NO. The minimum atomic E-state index is -0.381. The molecule has 1 rings (SSSR count). The number of hydrogen-bond acceptors (Lipinski definition) is 3. The van der Waals surface area contributed by atoms with Crippen LogP contribution in [0.25, 0.3) is 0 Å². The fourth-order valence-corrected chi connectivity index (χ4v) is 1.96. The van der Waals surface area contributed by atoms with Crippen molar-refractivity contribution in [2.24, 2.45) is 16.3 Å². The number of hydrogen-bond donors (Lipinski definition) is 2. The molecule has 4 heteroatoms. The summed E-state index contributed by atoms with van der Waals surface area (Å²) < 4.78 is 5.84. The van der Waals surface area contributed by atoms with E-state index in [2.05, 4.69) is 45.0 Å². The molecule has 0 aromatic heterocycles. The van der Waals surface area contributed by atoms with E-state index in [0.29, 0.717) is 13.0 Å². The molecule has 3 N–H and O–H groups in total. The number of rotatable bonds is 5. The van der Waals surface area contributed by atoms with Crippen molar-refractivity contribution >= 4 is 5.84 Å². The molecule has 0 aliphatic carbocycles. The Hall–Kier alpha value is -1.71. The van der Waals surface area contributed by atoms with Crippen LogP contribution < -0.4 is 10.5 Å². The first kappa shape index (κ1) is 17.3. The van der Waals surface area contributed by atoms with Crippen molar-refractivity contribution in [2.75, 3.05) is 6.61 Å². The van der Waals surface area contributed by atoms with Crippen molar-refractivity contribution in [2.45, 2.75) is 53.4 Å². The number of aryl methyl sites for hydroxylation is 1. The molecule has 0 saturated carbocycles. The molecule has 0 bridgehead atoms. The summed E-state index contributed by atoms with van der Waals surface area (Å²) in [6.07, 6.45) is 0.684. The Morgan fingerprint density at radius 1 is 1.24 bits per heavy atom. The average Bonchev–Trinajstić information content (AvgIpc) is 2.38. The molecule has 0 aliphatic rings. The standard InChI is InChI=1S/C17H28N2O2/c1-12-11-13(16(2,3)4)7-8-14(12)21-10-9-17(5,6)15(18)19-20/h7-8,11,20H,9-10H2,1-6H3,(H2,18,19). The molecule has 0 aliphatic heterocycles. The Morgan fingerprint density at radius 2 is 1.86 bits per heavy atom. The van der Waals surface area contributed by atoms with E-state index in [9.17, 15) is 0 Å². The maximum atomic E-state index is 8.76. The smallest absolute Gasteiger partial charge is 0.144 e. The van der Waals surface area contributed by atoms with E-state index < -0.39 is 0 Å². The quantitative estimate of drug-likeness (QED) is 0.375. The van der Waals surface area contributed by atoms with Crippen molar-refractivity contribution in [3.63, 3.8) is 0 Å². The molecule has 0 fully saturated rings. The fraction of sp³-hybridized carbons (Fsp3) is 0.588. The van der Waals surface area contributed by atoms with Gasteiger partial charge in [-0.15, -0.1) is 0 Å². The summed E-state index contributed by atoms with van der Waals surface area (Å²) in [4.78, 5) is 0. The summed E-state index contributed by atoms with van der Waals surface area (Å²) in [6.45, 7) is 13.0. The van der Waals surface area contributed by atoms with Crippen LogP contribution in [0.3, 0.4) is 0 Å². The molecule has 21 heavy (non-hydrogen) atoms. The maximum Gasteiger partial charge on any atom is 0.144 e. The van der Waals surface area contributed by atoms with E-state index in [1.54, 1.807) is 0 Å². The molecule has 0 atom stereocenters. The molecule has 1 aromatic rings. The summed E-state index contributed by atoms with van der Waals surface area (Å²) in [5.41, 5.74) is 7.85. The Kier molecular flexibility index (Phi) is 5.26. The van der Waals surface area contributed by atoms with E-state index >= 15 is 0 Å². The highest BCUT2D eigenvalue weighted by atomic mass is 16.5.